The van der Waals surface area contributed by atoms with Crippen molar-refractivity contribution in [1.82, 2.24) is 9.80 Å². The Morgan fingerprint density at radius 3 is 2.32 bits per heavy atom. The molecule has 196 valence electrons. The number of fused-ring (bicyclic) bond motifs is 2. The molecule has 0 radical (unpaired) electrons. The van der Waals surface area contributed by atoms with Crippen LogP contribution in [-0.4, -0.2) is 76.4 Å². The van der Waals surface area contributed by atoms with E-state index in [9.17, 15) is 9.59 Å². The molecule has 1 amide bonds. The summed E-state index contributed by atoms with van der Waals surface area (Å²) in [5, 5.41) is 0.411. The predicted octanol–water partition coefficient (Wildman–Crippen LogP) is 3.85. The summed E-state index contributed by atoms with van der Waals surface area (Å²) in [5.41, 5.74) is 1.13. The molecule has 0 bridgehead atoms. The van der Waals surface area contributed by atoms with Crippen LogP contribution in [0.15, 0.2) is 44.0 Å². The first kappa shape index (κ1) is 25.6. The van der Waals surface area contributed by atoms with E-state index in [0.29, 0.717) is 59.1 Å². The molecule has 10 heteroatoms. The van der Waals surface area contributed by atoms with Crippen LogP contribution in [-0.2, 0) is 4.74 Å². The number of hydrogen-bond acceptors (Lipinski definition) is 8. The lowest BCUT2D eigenvalue weighted by molar-refractivity contribution is 0.0353. The zero-order chi connectivity index (χ0) is 26.1. The fourth-order valence-corrected chi connectivity index (χ4v) is 5.48. The van der Waals surface area contributed by atoms with E-state index in [2.05, 4.69) is 20.8 Å². The van der Waals surface area contributed by atoms with Gasteiger partial charge in [-0.05, 0) is 42.3 Å². The Labute approximate surface area is 223 Å². The third kappa shape index (κ3) is 4.69. The average Bonchev–Trinajstić information content (AvgIpc) is 3.20. The third-order valence-electron chi connectivity index (χ3n) is 6.91. The highest BCUT2D eigenvalue weighted by molar-refractivity contribution is 9.10. The molecule has 2 aliphatic heterocycles. The first-order valence-electron chi connectivity index (χ1n) is 12.1. The van der Waals surface area contributed by atoms with Gasteiger partial charge in [-0.15, -0.1) is 0 Å². The minimum atomic E-state index is -0.666. The summed E-state index contributed by atoms with van der Waals surface area (Å²) in [6.45, 7) is 4.42. The molecule has 37 heavy (non-hydrogen) atoms. The fraction of sp³-hybridized carbons (Fsp3) is 0.407. The summed E-state index contributed by atoms with van der Waals surface area (Å²) in [5.74, 6) is 1.09. The van der Waals surface area contributed by atoms with Gasteiger partial charge in [-0.3, -0.25) is 14.5 Å². The topological polar surface area (TPSA) is 90.7 Å². The molecule has 2 aromatic carbocycles. The molecule has 0 saturated carbocycles. The zero-order valence-electron chi connectivity index (χ0n) is 21.0. The lowest BCUT2D eigenvalue weighted by atomic mass is 9.97. The largest absolute Gasteiger partial charge is 0.493 e. The second kappa shape index (κ2) is 10.7. The van der Waals surface area contributed by atoms with Crippen molar-refractivity contribution in [3.05, 3.63) is 61.9 Å². The molecule has 1 saturated heterocycles. The molecule has 2 aliphatic rings. The monoisotopic (exact) mass is 572 g/mol. The van der Waals surface area contributed by atoms with E-state index in [4.69, 9.17) is 23.4 Å². The van der Waals surface area contributed by atoms with Crippen LogP contribution in [0.25, 0.3) is 11.0 Å². The van der Waals surface area contributed by atoms with Crippen LogP contribution in [0, 0.1) is 0 Å². The molecule has 0 N–H and O–H groups in total. The van der Waals surface area contributed by atoms with Crippen molar-refractivity contribution < 1.29 is 28.2 Å². The highest BCUT2D eigenvalue weighted by atomic mass is 79.9. The number of rotatable bonds is 8. The van der Waals surface area contributed by atoms with Crippen LogP contribution >= 0.6 is 15.9 Å². The van der Waals surface area contributed by atoms with E-state index in [1.54, 1.807) is 35.2 Å². The number of halogens is 1. The quantitative estimate of drug-likeness (QED) is 0.402. The Bertz CT molecular complexity index is 1360. The molecule has 0 spiro atoms. The zero-order valence-corrected chi connectivity index (χ0v) is 22.6. The van der Waals surface area contributed by atoms with Gasteiger partial charge in [0, 0.05) is 30.7 Å². The molecule has 1 aromatic heterocycles. The maximum Gasteiger partial charge on any atom is 0.290 e. The Morgan fingerprint density at radius 1 is 0.973 bits per heavy atom. The van der Waals surface area contributed by atoms with Crippen LogP contribution in [0.5, 0.6) is 17.2 Å². The molecular weight excluding hydrogens is 544 g/mol. The van der Waals surface area contributed by atoms with Gasteiger partial charge in [-0.25, -0.2) is 0 Å². The SMILES string of the molecule is COc1cc([C@@H]2c3c(oc4ccc(Br)cc4c3=O)C(=O)N2CCCN2CCOCC2)cc(OC)c1OC. The number of ether oxygens (including phenoxy) is 4. The van der Waals surface area contributed by atoms with Gasteiger partial charge in [0.05, 0.1) is 51.5 Å². The van der Waals surface area contributed by atoms with Crippen LogP contribution < -0.4 is 19.6 Å². The van der Waals surface area contributed by atoms with Crippen molar-refractivity contribution in [1.29, 1.82) is 0 Å². The van der Waals surface area contributed by atoms with Crippen LogP contribution in [0.1, 0.15) is 34.1 Å². The summed E-state index contributed by atoms with van der Waals surface area (Å²) >= 11 is 3.44. The van der Waals surface area contributed by atoms with Crippen molar-refractivity contribution >= 4 is 32.8 Å². The van der Waals surface area contributed by atoms with Crippen molar-refractivity contribution in [2.75, 3.05) is 60.7 Å². The van der Waals surface area contributed by atoms with Crippen molar-refractivity contribution in [2.45, 2.75) is 12.5 Å². The molecule has 1 fully saturated rings. The number of hydrogen-bond donors (Lipinski definition) is 0. The van der Waals surface area contributed by atoms with E-state index < -0.39 is 6.04 Å². The lowest BCUT2D eigenvalue weighted by Crippen LogP contribution is -2.38. The van der Waals surface area contributed by atoms with E-state index in [1.165, 1.54) is 21.3 Å². The first-order chi connectivity index (χ1) is 18.0. The molecule has 3 heterocycles. The fourth-order valence-electron chi connectivity index (χ4n) is 5.12. The number of carbonyl (C=O) groups excluding carboxylic acids is 1. The van der Waals surface area contributed by atoms with Crippen molar-refractivity contribution in [2.24, 2.45) is 0 Å². The number of nitrogens with zero attached hydrogens (tertiary/aromatic N) is 2. The van der Waals surface area contributed by atoms with Gasteiger partial charge in [-0.2, -0.15) is 0 Å². The minimum Gasteiger partial charge on any atom is -0.493 e. The summed E-state index contributed by atoms with van der Waals surface area (Å²) in [7, 11) is 4.60. The minimum absolute atomic E-state index is 0.0740. The Kier molecular flexibility index (Phi) is 7.41. The molecule has 9 nitrogen and oxygen atoms in total. The summed E-state index contributed by atoms with van der Waals surface area (Å²) in [6, 6.07) is 8.11. The number of amides is 1. The second-order valence-corrected chi connectivity index (χ2v) is 9.90. The molecule has 0 unspecified atom stereocenters. The lowest BCUT2D eigenvalue weighted by Gasteiger charge is -2.29. The summed E-state index contributed by atoms with van der Waals surface area (Å²) < 4.78 is 28.9. The molecule has 0 aliphatic carbocycles. The molecule has 3 aromatic rings. The molecule has 5 rings (SSSR count). The van der Waals surface area contributed by atoms with Gasteiger partial charge >= 0.3 is 0 Å². The van der Waals surface area contributed by atoms with Crippen LogP contribution in [0.3, 0.4) is 0 Å². The van der Waals surface area contributed by atoms with Crippen molar-refractivity contribution in [3.8, 4) is 17.2 Å². The highest BCUT2D eigenvalue weighted by Gasteiger charge is 2.43. The van der Waals surface area contributed by atoms with Gasteiger partial charge in [-0.1, -0.05) is 15.9 Å². The van der Waals surface area contributed by atoms with Crippen LogP contribution in [0.2, 0.25) is 0 Å². The Hall–Kier alpha value is -3.08. The van der Waals surface area contributed by atoms with E-state index >= 15 is 0 Å². The Morgan fingerprint density at radius 2 is 1.68 bits per heavy atom. The van der Waals surface area contributed by atoms with Gasteiger partial charge in [0.15, 0.2) is 16.9 Å². The van der Waals surface area contributed by atoms with Crippen LogP contribution in [0.4, 0.5) is 0 Å². The first-order valence-corrected chi connectivity index (χ1v) is 12.9. The Balaban J connectivity index is 1.61. The number of carbonyl (C=O) groups is 1. The van der Waals surface area contributed by atoms with Gasteiger partial charge in [0.25, 0.3) is 5.91 Å². The number of morpholine rings is 1. The predicted molar refractivity (Wildman–Crippen MR) is 141 cm³/mol. The maximum atomic E-state index is 13.8. The number of benzene rings is 2. The smallest absolute Gasteiger partial charge is 0.290 e. The van der Waals surface area contributed by atoms with Gasteiger partial charge in [0.1, 0.15) is 5.58 Å². The van der Waals surface area contributed by atoms with E-state index in [1.807, 2.05) is 0 Å². The standard InChI is InChI=1S/C27H29BrN2O7/c1-33-20-13-16(14-21(34-2)25(20)35-3)23-22-24(31)18-15-17(28)5-6-19(18)37-26(22)27(32)30(23)8-4-7-29-9-11-36-12-10-29/h5-6,13-15,23H,4,7-12H2,1-3H3/t23-/m1/s1. The summed E-state index contributed by atoms with van der Waals surface area (Å²) in [4.78, 5) is 31.6. The average molecular weight is 573 g/mol. The number of methoxy groups -OCH3 is 3. The molecule has 1 atom stereocenters. The second-order valence-electron chi connectivity index (χ2n) is 8.98. The third-order valence-corrected chi connectivity index (χ3v) is 7.40. The van der Waals surface area contributed by atoms with Gasteiger partial charge < -0.3 is 28.3 Å². The van der Waals surface area contributed by atoms with Gasteiger partial charge in [0.2, 0.25) is 11.5 Å². The van der Waals surface area contributed by atoms with Crippen molar-refractivity contribution in [3.63, 3.8) is 0 Å². The maximum absolute atomic E-state index is 13.8. The van der Waals surface area contributed by atoms with E-state index in [-0.39, 0.29) is 17.1 Å². The highest BCUT2D eigenvalue weighted by Crippen LogP contribution is 2.45. The normalized spacial score (nSPS) is 17.8. The van der Waals surface area contributed by atoms with E-state index in [0.717, 1.165) is 30.5 Å². The summed E-state index contributed by atoms with van der Waals surface area (Å²) in [6.07, 6.45) is 0.736. The molecular formula is C27H29BrN2O7.